The van der Waals surface area contributed by atoms with E-state index in [1.165, 1.54) is 7.11 Å². The van der Waals surface area contributed by atoms with Crippen LogP contribution >= 0.6 is 0 Å². The molecular formula is C11H16O3. The van der Waals surface area contributed by atoms with E-state index < -0.39 is 0 Å². The van der Waals surface area contributed by atoms with Crippen molar-refractivity contribution < 1.29 is 14.3 Å². The van der Waals surface area contributed by atoms with Gasteiger partial charge in [0.05, 0.1) is 13.5 Å². The maximum Gasteiger partial charge on any atom is 0.310 e. The lowest BCUT2D eigenvalue weighted by atomic mass is 9.83. The van der Waals surface area contributed by atoms with Crippen LogP contribution < -0.4 is 0 Å². The molecule has 0 amide bonds. The van der Waals surface area contributed by atoms with Gasteiger partial charge in [0.1, 0.15) is 0 Å². The van der Waals surface area contributed by atoms with Gasteiger partial charge in [0.2, 0.25) is 0 Å². The van der Waals surface area contributed by atoms with Crippen LogP contribution in [0.15, 0.2) is 11.1 Å². The summed E-state index contributed by atoms with van der Waals surface area (Å²) in [6.07, 6.45) is 1.94. The number of ether oxygens (including phenoxy) is 1. The first kappa shape index (κ1) is 11.0. The van der Waals surface area contributed by atoms with Crippen LogP contribution in [0.25, 0.3) is 0 Å². The van der Waals surface area contributed by atoms with Crippen molar-refractivity contribution in [3.8, 4) is 0 Å². The van der Waals surface area contributed by atoms with Crippen molar-refractivity contribution in [3.63, 3.8) is 0 Å². The normalized spacial score (nSPS) is 22.5. The third-order valence-electron chi connectivity index (χ3n) is 2.76. The average Bonchev–Trinajstić information content (AvgIpc) is 2.18. The summed E-state index contributed by atoms with van der Waals surface area (Å²) >= 11 is 0. The first-order valence-corrected chi connectivity index (χ1v) is 4.86. The summed E-state index contributed by atoms with van der Waals surface area (Å²) in [5.41, 5.74) is 1.70. The Bertz CT molecular complexity index is 289. The highest BCUT2D eigenvalue weighted by Gasteiger charge is 2.26. The van der Waals surface area contributed by atoms with Crippen molar-refractivity contribution in [2.24, 2.45) is 5.92 Å². The minimum absolute atomic E-state index is 0.0540. The fourth-order valence-corrected chi connectivity index (χ4v) is 1.68. The predicted octanol–water partition coefficient (Wildman–Crippen LogP) is 1.86. The van der Waals surface area contributed by atoms with Crippen LogP contribution in [-0.4, -0.2) is 18.9 Å². The Morgan fingerprint density at radius 3 is 2.79 bits per heavy atom. The summed E-state index contributed by atoms with van der Waals surface area (Å²) in [5.74, 6) is -0.167. The van der Waals surface area contributed by atoms with Gasteiger partial charge in [-0.3, -0.25) is 9.59 Å². The number of hydrogen-bond acceptors (Lipinski definition) is 3. The zero-order valence-corrected chi connectivity index (χ0v) is 8.92. The molecule has 0 saturated carbocycles. The molecule has 0 bridgehead atoms. The van der Waals surface area contributed by atoms with Gasteiger partial charge in [-0.1, -0.05) is 12.5 Å². The first-order chi connectivity index (χ1) is 6.56. The zero-order chi connectivity index (χ0) is 10.7. The highest BCUT2D eigenvalue weighted by molar-refractivity contribution is 6.01. The van der Waals surface area contributed by atoms with Crippen LogP contribution in [0.5, 0.6) is 0 Å². The molecule has 0 aromatic heterocycles. The number of ketones is 1. The highest BCUT2D eigenvalue weighted by atomic mass is 16.5. The molecule has 1 aliphatic rings. The fourth-order valence-electron chi connectivity index (χ4n) is 1.68. The van der Waals surface area contributed by atoms with Crippen LogP contribution in [0.3, 0.4) is 0 Å². The minimum Gasteiger partial charge on any atom is -0.469 e. The summed E-state index contributed by atoms with van der Waals surface area (Å²) in [7, 11) is 1.34. The molecule has 14 heavy (non-hydrogen) atoms. The maximum atomic E-state index is 11.7. The Morgan fingerprint density at radius 2 is 2.21 bits per heavy atom. The van der Waals surface area contributed by atoms with Crippen molar-refractivity contribution >= 4 is 11.8 Å². The standard InChI is InChI=1S/C11H16O3/c1-7-4-5-8(2)11(13)9(7)6-10(12)14-3/h8H,4-6H2,1-3H3. The molecule has 0 saturated heterocycles. The van der Waals surface area contributed by atoms with Crippen LogP contribution in [0.2, 0.25) is 0 Å². The van der Waals surface area contributed by atoms with Gasteiger partial charge < -0.3 is 4.74 Å². The van der Waals surface area contributed by atoms with Crippen molar-refractivity contribution in [3.05, 3.63) is 11.1 Å². The number of rotatable bonds is 2. The van der Waals surface area contributed by atoms with Gasteiger partial charge >= 0.3 is 5.97 Å². The Kier molecular flexibility index (Phi) is 3.44. The van der Waals surface area contributed by atoms with Gasteiger partial charge in [0, 0.05) is 11.5 Å². The number of Topliss-reactive ketones (excluding diaryl/α,β-unsaturated/α-hetero) is 1. The third-order valence-corrected chi connectivity index (χ3v) is 2.76. The van der Waals surface area contributed by atoms with Gasteiger partial charge in [0.25, 0.3) is 0 Å². The molecule has 78 valence electrons. The molecule has 0 fully saturated rings. The lowest BCUT2D eigenvalue weighted by molar-refractivity contribution is -0.140. The Morgan fingerprint density at radius 1 is 1.57 bits per heavy atom. The lowest BCUT2D eigenvalue weighted by Crippen LogP contribution is -2.22. The van der Waals surface area contributed by atoms with E-state index >= 15 is 0 Å². The molecule has 1 atom stereocenters. The van der Waals surface area contributed by atoms with E-state index in [0.717, 1.165) is 18.4 Å². The molecule has 0 heterocycles. The first-order valence-electron chi connectivity index (χ1n) is 4.86. The Hall–Kier alpha value is -1.12. The molecule has 0 aliphatic heterocycles. The molecule has 3 heteroatoms. The van der Waals surface area contributed by atoms with E-state index in [9.17, 15) is 9.59 Å². The van der Waals surface area contributed by atoms with E-state index in [0.29, 0.717) is 5.57 Å². The quantitative estimate of drug-likeness (QED) is 0.633. The van der Waals surface area contributed by atoms with Gasteiger partial charge in [-0.15, -0.1) is 0 Å². The van der Waals surface area contributed by atoms with E-state index in [1.54, 1.807) is 0 Å². The van der Waals surface area contributed by atoms with Crippen molar-refractivity contribution in [1.82, 2.24) is 0 Å². The highest BCUT2D eigenvalue weighted by Crippen LogP contribution is 2.27. The van der Waals surface area contributed by atoms with Crippen LogP contribution in [0.1, 0.15) is 33.1 Å². The number of carbonyl (C=O) groups is 2. The molecule has 0 aromatic carbocycles. The van der Waals surface area contributed by atoms with Gasteiger partial charge in [-0.2, -0.15) is 0 Å². The monoisotopic (exact) mass is 196 g/mol. The van der Waals surface area contributed by atoms with E-state index in [1.807, 2.05) is 13.8 Å². The molecule has 0 spiro atoms. The van der Waals surface area contributed by atoms with Crippen LogP contribution in [0, 0.1) is 5.92 Å². The Labute approximate surface area is 84.1 Å². The number of carbonyl (C=O) groups excluding carboxylic acids is 2. The second-order valence-corrected chi connectivity index (χ2v) is 3.82. The molecule has 1 rings (SSSR count). The zero-order valence-electron chi connectivity index (χ0n) is 8.92. The molecule has 0 aromatic rings. The molecular weight excluding hydrogens is 180 g/mol. The third kappa shape index (κ3) is 2.22. The molecule has 0 N–H and O–H groups in total. The summed E-state index contributed by atoms with van der Waals surface area (Å²) in [6, 6.07) is 0. The number of methoxy groups -OCH3 is 1. The molecule has 1 unspecified atom stereocenters. The predicted molar refractivity (Wildman–Crippen MR) is 52.7 cm³/mol. The summed E-state index contributed by atoms with van der Waals surface area (Å²) in [6.45, 7) is 3.83. The van der Waals surface area contributed by atoms with Crippen molar-refractivity contribution in [2.45, 2.75) is 33.1 Å². The van der Waals surface area contributed by atoms with Gasteiger partial charge in [-0.25, -0.2) is 0 Å². The number of allylic oxidation sites excluding steroid dienone is 1. The molecule has 3 nitrogen and oxygen atoms in total. The topological polar surface area (TPSA) is 43.4 Å². The van der Waals surface area contributed by atoms with Gasteiger partial charge in [-0.05, 0) is 19.8 Å². The second-order valence-electron chi connectivity index (χ2n) is 3.82. The average molecular weight is 196 g/mol. The number of esters is 1. The van der Waals surface area contributed by atoms with Crippen molar-refractivity contribution in [1.29, 1.82) is 0 Å². The molecule has 0 radical (unpaired) electrons. The van der Waals surface area contributed by atoms with Crippen molar-refractivity contribution in [2.75, 3.05) is 7.11 Å². The maximum absolute atomic E-state index is 11.7. The summed E-state index contributed by atoms with van der Waals surface area (Å²) in [5, 5.41) is 0. The SMILES string of the molecule is COC(=O)CC1=C(C)CCC(C)C1=O. The lowest BCUT2D eigenvalue weighted by Gasteiger charge is -2.21. The van der Waals surface area contributed by atoms with Crippen LogP contribution in [0.4, 0.5) is 0 Å². The smallest absolute Gasteiger partial charge is 0.310 e. The summed E-state index contributed by atoms with van der Waals surface area (Å²) in [4.78, 5) is 22.8. The molecule has 1 aliphatic carbocycles. The van der Waals surface area contributed by atoms with Gasteiger partial charge in [0.15, 0.2) is 5.78 Å². The number of hydrogen-bond donors (Lipinski definition) is 0. The summed E-state index contributed by atoms with van der Waals surface area (Å²) < 4.78 is 4.56. The Balaban J connectivity index is 2.82. The minimum atomic E-state index is -0.332. The van der Waals surface area contributed by atoms with E-state index in [2.05, 4.69) is 4.74 Å². The van der Waals surface area contributed by atoms with Crippen LogP contribution in [-0.2, 0) is 14.3 Å². The van der Waals surface area contributed by atoms with E-state index in [-0.39, 0.29) is 24.1 Å². The fraction of sp³-hybridized carbons (Fsp3) is 0.636. The van der Waals surface area contributed by atoms with E-state index in [4.69, 9.17) is 0 Å². The second kappa shape index (κ2) is 4.40. The largest absolute Gasteiger partial charge is 0.469 e.